The zero-order valence-corrected chi connectivity index (χ0v) is 16.1. The van der Waals surface area contributed by atoms with Crippen LogP contribution in [0.3, 0.4) is 0 Å². The van der Waals surface area contributed by atoms with Gasteiger partial charge in [0.1, 0.15) is 17.6 Å². The van der Waals surface area contributed by atoms with Gasteiger partial charge in [-0.3, -0.25) is 14.2 Å². The second-order valence-corrected chi connectivity index (χ2v) is 7.08. The molecule has 0 N–H and O–H groups in total. The fourth-order valence-electron chi connectivity index (χ4n) is 3.86. The highest BCUT2D eigenvalue weighted by atomic mass is 16.5. The van der Waals surface area contributed by atoms with E-state index in [1.807, 2.05) is 18.2 Å². The van der Waals surface area contributed by atoms with Crippen LogP contribution in [0.2, 0.25) is 0 Å². The lowest BCUT2D eigenvalue weighted by Crippen LogP contribution is -2.35. The Kier molecular flexibility index (Phi) is 4.13. The highest BCUT2D eigenvalue weighted by Gasteiger charge is 2.26. The summed E-state index contributed by atoms with van der Waals surface area (Å²) in [6.45, 7) is 0.324. The van der Waals surface area contributed by atoms with Crippen molar-refractivity contribution in [3.05, 3.63) is 70.3 Å². The minimum absolute atomic E-state index is 0.135. The summed E-state index contributed by atoms with van der Waals surface area (Å²) in [5.74, 6) is -0.654. The van der Waals surface area contributed by atoms with Crippen molar-refractivity contribution >= 4 is 39.6 Å². The normalized spacial score (nSPS) is 13.0. The predicted octanol–water partition coefficient (Wildman–Crippen LogP) is 2.52. The molecule has 1 aliphatic rings. The molecule has 8 heteroatoms. The number of furan rings is 1. The third kappa shape index (κ3) is 2.76. The molecular formula is C22H17N3O5. The highest BCUT2D eigenvalue weighted by molar-refractivity contribution is 6.02. The summed E-state index contributed by atoms with van der Waals surface area (Å²) in [6, 6.07) is 12.4. The number of esters is 1. The maximum absolute atomic E-state index is 12.9. The molecule has 150 valence electrons. The zero-order chi connectivity index (χ0) is 20.8. The topological polar surface area (TPSA) is 94.6 Å². The number of aromatic nitrogens is 2. The van der Waals surface area contributed by atoms with Crippen molar-refractivity contribution in [2.24, 2.45) is 0 Å². The van der Waals surface area contributed by atoms with Crippen molar-refractivity contribution in [1.82, 2.24) is 9.55 Å². The first-order valence-electron chi connectivity index (χ1n) is 9.45. The summed E-state index contributed by atoms with van der Waals surface area (Å²) >= 11 is 0. The van der Waals surface area contributed by atoms with Crippen LogP contribution in [0, 0.1) is 0 Å². The number of fused-ring (bicyclic) bond motifs is 4. The molecule has 3 heterocycles. The molecule has 0 aliphatic carbocycles. The average molecular weight is 403 g/mol. The number of carbonyl (C=O) groups excluding carboxylic acids is 2. The molecule has 0 fully saturated rings. The first-order valence-corrected chi connectivity index (χ1v) is 9.45. The first kappa shape index (κ1) is 18.1. The number of hydrogen-bond donors (Lipinski definition) is 0. The Hall–Kier alpha value is -3.94. The molecule has 30 heavy (non-hydrogen) atoms. The van der Waals surface area contributed by atoms with Gasteiger partial charge in [0.25, 0.3) is 5.56 Å². The van der Waals surface area contributed by atoms with Gasteiger partial charge in [0.2, 0.25) is 11.5 Å². The zero-order valence-electron chi connectivity index (χ0n) is 16.1. The number of benzene rings is 2. The molecule has 0 unspecified atom stereocenters. The van der Waals surface area contributed by atoms with Crippen molar-refractivity contribution < 1.29 is 18.7 Å². The van der Waals surface area contributed by atoms with E-state index in [-0.39, 0.29) is 18.0 Å². The largest absolute Gasteiger partial charge is 0.465 e. The number of methoxy groups -OCH3 is 1. The summed E-state index contributed by atoms with van der Waals surface area (Å²) in [7, 11) is 1.33. The van der Waals surface area contributed by atoms with Crippen molar-refractivity contribution in [2.45, 2.75) is 13.0 Å². The number of amides is 1. The number of nitrogens with zero attached hydrogens (tertiary/aromatic N) is 3. The van der Waals surface area contributed by atoms with Crippen molar-refractivity contribution in [1.29, 1.82) is 0 Å². The summed E-state index contributed by atoms with van der Waals surface area (Å²) < 4.78 is 11.7. The Morgan fingerprint density at radius 2 is 2.03 bits per heavy atom. The maximum atomic E-state index is 12.9. The number of rotatable bonds is 3. The van der Waals surface area contributed by atoms with E-state index in [9.17, 15) is 14.4 Å². The Labute approximate surface area is 170 Å². The minimum Gasteiger partial charge on any atom is -0.465 e. The lowest BCUT2D eigenvalue weighted by atomic mass is 10.1. The van der Waals surface area contributed by atoms with Gasteiger partial charge < -0.3 is 14.1 Å². The smallest absolute Gasteiger partial charge is 0.337 e. The highest BCUT2D eigenvalue weighted by Crippen LogP contribution is 2.29. The summed E-state index contributed by atoms with van der Waals surface area (Å²) in [4.78, 5) is 43.5. The molecule has 0 radical (unpaired) electrons. The Morgan fingerprint density at radius 3 is 2.87 bits per heavy atom. The Balaban J connectivity index is 1.45. The second-order valence-electron chi connectivity index (χ2n) is 7.08. The van der Waals surface area contributed by atoms with E-state index in [1.54, 1.807) is 29.2 Å². The number of hydrogen-bond acceptors (Lipinski definition) is 6. The van der Waals surface area contributed by atoms with Gasteiger partial charge in [-0.15, -0.1) is 0 Å². The van der Waals surface area contributed by atoms with E-state index < -0.39 is 11.5 Å². The van der Waals surface area contributed by atoms with E-state index in [0.717, 1.165) is 16.6 Å². The number of ether oxygens (including phenoxy) is 1. The molecule has 4 aromatic rings. The number of para-hydroxylation sites is 1. The number of carbonyl (C=O) groups is 2. The van der Waals surface area contributed by atoms with Gasteiger partial charge in [0, 0.05) is 17.6 Å². The van der Waals surface area contributed by atoms with E-state index in [1.165, 1.54) is 18.0 Å². The number of anilines is 1. The Bertz CT molecular complexity index is 1380. The van der Waals surface area contributed by atoms with Crippen molar-refractivity contribution in [2.75, 3.05) is 18.6 Å². The molecule has 0 saturated carbocycles. The lowest BCUT2D eigenvalue weighted by Gasteiger charge is -2.18. The molecule has 2 aromatic carbocycles. The monoisotopic (exact) mass is 403 g/mol. The van der Waals surface area contributed by atoms with Gasteiger partial charge in [-0.2, -0.15) is 0 Å². The Morgan fingerprint density at radius 1 is 1.20 bits per heavy atom. The van der Waals surface area contributed by atoms with Crippen LogP contribution in [0.25, 0.3) is 22.1 Å². The predicted molar refractivity (Wildman–Crippen MR) is 110 cm³/mol. The summed E-state index contributed by atoms with van der Waals surface area (Å²) in [6.07, 6.45) is 2.00. The summed E-state index contributed by atoms with van der Waals surface area (Å²) in [5.41, 5.74) is 2.88. The van der Waals surface area contributed by atoms with Crippen molar-refractivity contribution in [3.63, 3.8) is 0 Å². The SMILES string of the molecule is COC(=O)c1ccc2c(c1)CCN2C(=O)Cn1cnc2c(oc3ccccc32)c1=O. The van der Waals surface area contributed by atoms with Gasteiger partial charge in [-0.25, -0.2) is 9.78 Å². The van der Waals surface area contributed by atoms with Gasteiger partial charge in [-0.1, -0.05) is 12.1 Å². The van der Waals surface area contributed by atoms with Gasteiger partial charge in [-0.05, 0) is 42.3 Å². The first-order chi connectivity index (χ1) is 14.6. The lowest BCUT2D eigenvalue weighted by molar-refractivity contribution is -0.119. The fraction of sp³-hybridized carbons (Fsp3) is 0.182. The molecule has 5 rings (SSSR count). The van der Waals surface area contributed by atoms with Crippen LogP contribution in [-0.2, 0) is 22.5 Å². The van der Waals surface area contributed by atoms with Gasteiger partial charge >= 0.3 is 5.97 Å². The van der Waals surface area contributed by atoms with Crippen LogP contribution in [0.4, 0.5) is 5.69 Å². The molecule has 0 bridgehead atoms. The van der Waals surface area contributed by atoms with Crippen LogP contribution in [0.5, 0.6) is 0 Å². The molecule has 0 spiro atoms. The molecule has 0 atom stereocenters. The average Bonchev–Trinajstić information content (AvgIpc) is 3.36. The fourth-order valence-corrected chi connectivity index (χ4v) is 3.86. The van der Waals surface area contributed by atoms with Crippen LogP contribution in [0.1, 0.15) is 15.9 Å². The third-order valence-corrected chi connectivity index (χ3v) is 5.35. The minimum atomic E-state index is -0.417. The van der Waals surface area contributed by atoms with E-state index in [0.29, 0.717) is 29.6 Å². The molecule has 0 saturated heterocycles. The van der Waals surface area contributed by atoms with Gasteiger partial charge in [0.05, 0.1) is 19.0 Å². The maximum Gasteiger partial charge on any atom is 0.337 e. The van der Waals surface area contributed by atoms with E-state index in [2.05, 4.69) is 4.98 Å². The second kappa shape index (κ2) is 6.84. The van der Waals surface area contributed by atoms with Crippen LogP contribution in [-0.4, -0.2) is 35.1 Å². The van der Waals surface area contributed by atoms with Crippen molar-refractivity contribution in [3.8, 4) is 0 Å². The molecule has 2 aromatic heterocycles. The van der Waals surface area contributed by atoms with Gasteiger partial charge in [0.15, 0.2) is 0 Å². The standard InChI is InChI=1S/C22H17N3O5/c1-29-22(28)14-6-7-16-13(10-14)8-9-25(16)18(26)11-24-12-23-19-15-4-2-3-5-17(15)30-20(19)21(24)27/h2-7,10,12H,8-9,11H2,1H3. The molecule has 1 amide bonds. The third-order valence-electron chi connectivity index (χ3n) is 5.35. The van der Waals surface area contributed by atoms with Crippen LogP contribution in [0.15, 0.2) is 58.0 Å². The molecule has 8 nitrogen and oxygen atoms in total. The molecule has 1 aliphatic heterocycles. The summed E-state index contributed by atoms with van der Waals surface area (Å²) in [5, 5.41) is 0.762. The van der Waals surface area contributed by atoms with Crippen LogP contribution >= 0.6 is 0 Å². The van der Waals surface area contributed by atoms with E-state index in [4.69, 9.17) is 9.15 Å². The van der Waals surface area contributed by atoms with E-state index >= 15 is 0 Å². The quantitative estimate of drug-likeness (QED) is 0.488. The van der Waals surface area contributed by atoms with Crippen LogP contribution < -0.4 is 10.5 Å². The molecular weight excluding hydrogens is 386 g/mol.